The second-order valence-corrected chi connectivity index (χ2v) is 5.83. The minimum Gasteiger partial charge on any atom is -0.213 e. The number of fused-ring (bicyclic) bond motifs is 1. The van der Waals surface area contributed by atoms with Gasteiger partial charge in [-0.15, -0.1) is 5.10 Å². The molecular weight excluding hydrogens is 257 g/mol. The van der Waals surface area contributed by atoms with Gasteiger partial charge in [-0.05, 0) is 48.6 Å². The molecule has 1 heterocycles. The fraction of sp³-hybridized carbons (Fsp3) is 0.294. The van der Waals surface area contributed by atoms with Crippen LogP contribution in [0, 0.1) is 0 Å². The second kappa shape index (κ2) is 5.03. The molecule has 0 unspecified atom stereocenters. The molecule has 0 saturated heterocycles. The highest BCUT2D eigenvalue weighted by Gasteiger charge is 2.18. The third-order valence-corrected chi connectivity index (χ3v) is 4.39. The number of rotatable bonds is 2. The average molecular weight is 273 g/mol. The van der Waals surface area contributed by atoms with E-state index in [0.29, 0.717) is 5.92 Å². The summed E-state index contributed by atoms with van der Waals surface area (Å²) < 4.78 is 1.88. The summed E-state index contributed by atoms with van der Waals surface area (Å²) in [7, 11) is 6.12. The van der Waals surface area contributed by atoms with Gasteiger partial charge in [0.05, 0.1) is 11.2 Å². The summed E-state index contributed by atoms with van der Waals surface area (Å²) in [4.78, 5) is 0. The van der Waals surface area contributed by atoms with Gasteiger partial charge in [0.25, 0.3) is 0 Å². The van der Waals surface area contributed by atoms with Crippen LogP contribution in [0.15, 0.2) is 42.5 Å². The van der Waals surface area contributed by atoms with Gasteiger partial charge in [0, 0.05) is 0 Å². The largest absolute Gasteiger partial charge is 0.213 e. The topological polar surface area (TPSA) is 30.7 Å². The molecule has 0 amide bonds. The van der Waals surface area contributed by atoms with Crippen LogP contribution in [0.25, 0.3) is 16.7 Å². The summed E-state index contributed by atoms with van der Waals surface area (Å²) >= 11 is 0. The van der Waals surface area contributed by atoms with Gasteiger partial charge in [0.15, 0.2) is 0 Å². The molecule has 2 radical (unpaired) electrons. The van der Waals surface area contributed by atoms with Crippen LogP contribution >= 0.6 is 0 Å². The molecule has 21 heavy (non-hydrogen) atoms. The van der Waals surface area contributed by atoms with E-state index >= 15 is 0 Å². The Morgan fingerprint density at radius 2 is 1.86 bits per heavy atom. The van der Waals surface area contributed by atoms with Crippen molar-refractivity contribution in [2.45, 2.75) is 31.6 Å². The molecule has 1 saturated carbocycles. The number of nitrogens with zero attached hydrogens (tertiary/aromatic N) is 3. The zero-order chi connectivity index (χ0) is 14.2. The van der Waals surface area contributed by atoms with E-state index in [4.69, 9.17) is 7.85 Å². The standard InChI is InChI=1S/C17H16BN3/c18-14-9-13(12-5-1-2-6-12)10-15(11-14)21-17-8-4-3-7-16(17)19-20-21/h3-4,7-12H,1-2,5-6H2. The van der Waals surface area contributed by atoms with Crippen molar-refractivity contribution in [3.8, 4) is 5.69 Å². The molecule has 4 heteroatoms. The fourth-order valence-corrected chi connectivity index (χ4v) is 3.34. The van der Waals surface area contributed by atoms with Crippen molar-refractivity contribution in [3.05, 3.63) is 48.0 Å². The lowest BCUT2D eigenvalue weighted by Gasteiger charge is -2.13. The SMILES string of the molecule is [B]c1cc(C2CCCC2)cc(-n2nnc3ccccc32)c1. The van der Waals surface area contributed by atoms with Crippen molar-refractivity contribution >= 4 is 24.3 Å². The van der Waals surface area contributed by atoms with Gasteiger partial charge in [0.2, 0.25) is 0 Å². The van der Waals surface area contributed by atoms with Gasteiger partial charge in [0.1, 0.15) is 13.4 Å². The lowest BCUT2D eigenvalue weighted by atomic mass is 9.88. The number of aromatic nitrogens is 3. The number of hydrogen-bond acceptors (Lipinski definition) is 2. The van der Waals surface area contributed by atoms with Crippen LogP contribution in [0.1, 0.15) is 37.2 Å². The van der Waals surface area contributed by atoms with Gasteiger partial charge in [-0.25, -0.2) is 4.68 Å². The molecule has 0 N–H and O–H groups in total. The van der Waals surface area contributed by atoms with Crippen molar-refractivity contribution in [1.82, 2.24) is 15.0 Å². The van der Waals surface area contributed by atoms with Crippen LogP contribution in [-0.2, 0) is 0 Å². The molecule has 3 aromatic rings. The Hall–Kier alpha value is -2.10. The molecule has 2 aromatic carbocycles. The number of benzene rings is 2. The van der Waals surface area contributed by atoms with E-state index in [1.54, 1.807) is 0 Å². The highest BCUT2D eigenvalue weighted by Crippen LogP contribution is 2.34. The monoisotopic (exact) mass is 273 g/mol. The van der Waals surface area contributed by atoms with Gasteiger partial charge >= 0.3 is 0 Å². The fourth-order valence-electron chi connectivity index (χ4n) is 3.34. The zero-order valence-corrected chi connectivity index (χ0v) is 11.9. The summed E-state index contributed by atoms with van der Waals surface area (Å²) in [5.41, 5.74) is 5.06. The highest BCUT2D eigenvalue weighted by molar-refractivity contribution is 6.32. The molecule has 0 aliphatic heterocycles. The Morgan fingerprint density at radius 1 is 1.05 bits per heavy atom. The first-order valence-corrected chi connectivity index (χ1v) is 7.52. The lowest BCUT2D eigenvalue weighted by molar-refractivity contribution is 0.721. The molecule has 3 nitrogen and oxygen atoms in total. The molecule has 102 valence electrons. The molecular formula is C17H16BN3. The van der Waals surface area contributed by atoms with E-state index in [1.807, 2.05) is 35.0 Å². The van der Waals surface area contributed by atoms with Gasteiger partial charge in [-0.1, -0.05) is 41.7 Å². The maximum Gasteiger partial charge on any atom is 0.113 e. The predicted molar refractivity (Wildman–Crippen MR) is 85.5 cm³/mol. The van der Waals surface area contributed by atoms with Crippen molar-refractivity contribution in [2.24, 2.45) is 0 Å². The van der Waals surface area contributed by atoms with Gasteiger partial charge in [-0.2, -0.15) is 0 Å². The third kappa shape index (κ3) is 2.25. The van der Waals surface area contributed by atoms with Crippen LogP contribution in [0.4, 0.5) is 0 Å². The average Bonchev–Trinajstić information content (AvgIpc) is 3.16. The van der Waals surface area contributed by atoms with E-state index in [9.17, 15) is 0 Å². The Kier molecular flexibility index (Phi) is 3.02. The molecule has 0 bridgehead atoms. The van der Waals surface area contributed by atoms with E-state index in [2.05, 4.69) is 22.4 Å². The summed E-state index contributed by atoms with van der Waals surface area (Å²) in [6, 6.07) is 14.3. The van der Waals surface area contributed by atoms with Crippen LogP contribution in [0.2, 0.25) is 0 Å². The Balaban J connectivity index is 1.84. The minimum atomic E-state index is 0.641. The lowest BCUT2D eigenvalue weighted by Crippen LogP contribution is -2.09. The summed E-state index contributed by atoms with van der Waals surface area (Å²) in [5, 5.41) is 8.51. The van der Waals surface area contributed by atoms with Crippen molar-refractivity contribution < 1.29 is 0 Å². The predicted octanol–water partition coefficient (Wildman–Crippen LogP) is 2.87. The molecule has 1 fully saturated rings. The first-order chi connectivity index (χ1) is 10.3. The van der Waals surface area contributed by atoms with E-state index in [-0.39, 0.29) is 0 Å². The first kappa shape index (κ1) is 12.6. The Bertz CT molecular complexity index is 788. The first-order valence-electron chi connectivity index (χ1n) is 7.52. The Morgan fingerprint density at radius 3 is 2.71 bits per heavy atom. The second-order valence-electron chi connectivity index (χ2n) is 5.83. The molecule has 0 atom stereocenters. The smallest absolute Gasteiger partial charge is 0.113 e. The summed E-state index contributed by atoms with van der Waals surface area (Å²) in [6.45, 7) is 0. The van der Waals surface area contributed by atoms with Crippen molar-refractivity contribution in [3.63, 3.8) is 0 Å². The number of hydrogen-bond donors (Lipinski definition) is 0. The zero-order valence-electron chi connectivity index (χ0n) is 11.9. The Labute approximate surface area is 125 Å². The normalized spacial score (nSPS) is 15.8. The third-order valence-electron chi connectivity index (χ3n) is 4.39. The highest BCUT2D eigenvalue weighted by atomic mass is 15.4. The van der Waals surface area contributed by atoms with Gasteiger partial charge in [-0.3, -0.25) is 0 Å². The molecule has 4 rings (SSSR count). The van der Waals surface area contributed by atoms with Crippen LogP contribution in [0.3, 0.4) is 0 Å². The minimum absolute atomic E-state index is 0.641. The maximum absolute atomic E-state index is 6.12. The van der Waals surface area contributed by atoms with Crippen molar-refractivity contribution in [2.75, 3.05) is 0 Å². The molecule has 1 aromatic heterocycles. The summed E-state index contributed by atoms with van der Waals surface area (Å²) in [6.07, 6.45) is 5.17. The van der Waals surface area contributed by atoms with Gasteiger partial charge < -0.3 is 0 Å². The quantitative estimate of drug-likeness (QED) is 0.672. The van der Waals surface area contributed by atoms with Crippen molar-refractivity contribution in [1.29, 1.82) is 0 Å². The van der Waals surface area contributed by atoms with E-state index in [0.717, 1.165) is 22.2 Å². The van der Waals surface area contributed by atoms with Crippen LogP contribution in [-0.4, -0.2) is 22.8 Å². The van der Waals surface area contributed by atoms with Crippen LogP contribution < -0.4 is 5.46 Å². The molecule has 0 spiro atoms. The van der Waals surface area contributed by atoms with E-state index < -0.39 is 0 Å². The van der Waals surface area contributed by atoms with E-state index in [1.165, 1.54) is 31.2 Å². The summed E-state index contributed by atoms with van der Waals surface area (Å²) in [5.74, 6) is 0.641. The molecule has 1 aliphatic rings. The number of para-hydroxylation sites is 1. The molecule has 1 aliphatic carbocycles. The maximum atomic E-state index is 6.12. The van der Waals surface area contributed by atoms with Crippen LogP contribution in [0.5, 0.6) is 0 Å².